The molecular weight excluding hydrogens is 134 g/mol. The van der Waals surface area contributed by atoms with Crippen LogP contribution in [0.3, 0.4) is 0 Å². The van der Waals surface area contributed by atoms with Crippen molar-refractivity contribution < 1.29 is 0 Å². The van der Waals surface area contributed by atoms with Crippen LogP contribution in [0.1, 0.15) is 46.0 Å². The Morgan fingerprint density at radius 1 is 1.27 bits per heavy atom. The Hall–Kier alpha value is -0.0400. The quantitative estimate of drug-likeness (QED) is 0.656. The van der Waals surface area contributed by atoms with Crippen LogP contribution < -0.4 is 5.32 Å². The molecule has 0 aromatic heterocycles. The van der Waals surface area contributed by atoms with Crippen molar-refractivity contribution in [3.63, 3.8) is 0 Å². The van der Waals surface area contributed by atoms with E-state index in [1.807, 2.05) is 0 Å². The van der Waals surface area contributed by atoms with Crippen LogP contribution in [-0.4, -0.2) is 11.6 Å². The minimum atomic E-state index is 0.557. The normalized spacial score (nSPS) is 28.6. The van der Waals surface area contributed by atoms with Gasteiger partial charge in [0.2, 0.25) is 0 Å². The Balaban J connectivity index is 1.92. The van der Waals surface area contributed by atoms with Crippen LogP contribution in [0.15, 0.2) is 0 Å². The summed E-state index contributed by atoms with van der Waals surface area (Å²) in [4.78, 5) is 0. The molecule has 2 fully saturated rings. The van der Waals surface area contributed by atoms with Crippen LogP contribution in [0.2, 0.25) is 0 Å². The third-order valence-electron chi connectivity index (χ3n) is 3.42. The van der Waals surface area contributed by atoms with Gasteiger partial charge in [-0.05, 0) is 38.0 Å². The molecule has 0 aromatic rings. The number of hydrogen-bond acceptors (Lipinski definition) is 1. The molecule has 64 valence electrons. The van der Waals surface area contributed by atoms with Gasteiger partial charge in [-0.2, -0.15) is 0 Å². The average molecular weight is 153 g/mol. The number of nitrogens with one attached hydrogen (secondary N) is 1. The largest absolute Gasteiger partial charge is 0.308 e. The molecule has 0 atom stereocenters. The molecule has 2 aliphatic rings. The summed E-state index contributed by atoms with van der Waals surface area (Å²) >= 11 is 0. The highest BCUT2D eigenvalue weighted by Crippen LogP contribution is 2.40. The third-order valence-corrected chi connectivity index (χ3v) is 3.42. The van der Waals surface area contributed by atoms with Crippen molar-refractivity contribution in [2.45, 2.75) is 57.5 Å². The predicted octanol–water partition coefficient (Wildman–Crippen LogP) is 2.32. The maximum atomic E-state index is 3.80. The standard InChI is InChI=1S/C10H19N/c1-8(2)10(6-3-7-10)11-9-4-5-9/h8-9,11H,3-7H2,1-2H3. The molecule has 2 rings (SSSR count). The van der Waals surface area contributed by atoms with E-state index in [9.17, 15) is 0 Å². The molecule has 0 amide bonds. The van der Waals surface area contributed by atoms with Crippen LogP contribution >= 0.6 is 0 Å². The van der Waals surface area contributed by atoms with Gasteiger partial charge in [0.25, 0.3) is 0 Å². The van der Waals surface area contributed by atoms with E-state index < -0.39 is 0 Å². The number of hydrogen-bond donors (Lipinski definition) is 1. The first-order valence-corrected chi connectivity index (χ1v) is 5.01. The molecule has 0 unspecified atom stereocenters. The molecule has 0 bridgehead atoms. The highest BCUT2D eigenvalue weighted by molar-refractivity contribution is 5.02. The predicted molar refractivity (Wildman–Crippen MR) is 47.6 cm³/mol. The van der Waals surface area contributed by atoms with Crippen LogP contribution in [-0.2, 0) is 0 Å². The van der Waals surface area contributed by atoms with Gasteiger partial charge in [-0.1, -0.05) is 13.8 Å². The minimum Gasteiger partial charge on any atom is -0.308 e. The summed E-state index contributed by atoms with van der Waals surface area (Å²) < 4.78 is 0. The van der Waals surface area contributed by atoms with Crippen LogP contribution in [0.25, 0.3) is 0 Å². The van der Waals surface area contributed by atoms with E-state index in [0.717, 1.165) is 12.0 Å². The molecule has 1 N–H and O–H groups in total. The van der Waals surface area contributed by atoms with E-state index in [-0.39, 0.29) is 0 Å². The molecule has 0 aliphatic heterocycles. The molecule has 0 heterocycles. The van der Waals surface area contributed by atoms with Gasteiger partial charge in [-0.3, -0.25) is 0 Å². The van der Waals surface area contributed by atoms with Gasteiger partial charge in [0.15, 0.2) is 0 Å². The van der Waals surface area contributed by atoms with Crippen LogP contribution in [0, 0.1) is 5.92 Å². The van der Waals surface area contributed by atoms with Crippen molar-refractivity contribution in [2.24, 2.45) is 5.92 Å². The summed E-state index contributed by atoms with van der Waals surface area (Å²) in [5.74, 6) is 0.830. The topological polar surface area (TPSA) is 12.0 Å². The lowest BCUT2D eigenvalue weighted by atomic mass is 9.69. The Bertz CT molecular complexity index is 143. The van der Waals surface area contributed by atoms with E-state index in [1.54, 1.807) is 0 Å². The molecular formula is C10H19N. The monoisotopic (exact) mass is 153 g/mol. The average Bonchev–Trinajstić information content (AvgIpc) is 2.60. The first-order chi connectivity index (χ1) is 5.23. The second-order valence-electron chi connectivity index (χ2n) is 4.58. The second-order valence-corrected chi connectivity index (χ2v) is 4.58. The van der Waals surface area contributed by atoms with Crippen LogP contribution in [0.5, 0.6) is 0 Å². The zero-order valence-corrected chi connectivity index (χ0v) is 7.69. The van der Waals surface area contributed by atoms with Gasteiger partial charge in [0.1, 0.15) is 0 Å². The minimum absolute atomic E-state index is 0.557. The molecule has 11 heavy (non-hydrogen) atoms. The highest BCUT2D eigenvalue weighted by Gasteiger charge is 2.42. The van der Waals surface area contributed by atoms with Gasteiger partial charge in [0.05, 0.1) is 0 Å². The molecule has 0 saturated heterocycles. The van der Waals surface area contributed by atoms with Crippen molar-refractivity contribution in [1.29, 1.82) is 0 Å². The van der Waals surface area contributed by atoms with E-state index in [4.69, 9.17) is 0 Å². The molecule has 2 saturated carbocycles. The summed E-state index contributed by atoms with van der Waals surface area (Å²) in [7, 11) is 0. The van der Waals surface area contributed by atoms with Crippen molar-refractivity contribution >= 4 is 0 Å². The smallest absolute Gasteiger partial charge is 0.0207 e. The van der Waals surface area contributed by atoms with Crippen molar-refractivity contribution in [3.05, 3.63) is 0 Å². The molecule has 1 heteroatoms. The zero-order valence-electron chi connectivity index (χ0n) is 7.69. The fraction of sp³-hybridized carbons (Fsp3) is 1.00. The van der Waals surface area contributed by atoms with E-state index in [0.29, 0.717) is 5.54 Å². The maximum absolute atomic E-state index is 3.80. The van der Waals surface area contributed by atoms with Gasteiger partial charge < -0.3 is 5.32 Å². The fourth-order valence-corrected chi connectivity index (χ4v) is 2.08. The Labute approximate surface area is 69.6 Å². The highest BCUT2D eigenvalue weighted by atomic mass is 15.1. The third kappa shape index (κ3) is 1.31. The maximum Gasteiger partial charge on any atom is 0.0207 e. The summed E-state index contributed by atoms with van der Waals surface area (Å²) in [6.07, 6.45) is 7.13. The summed E-state index contributed by atoms with van der Waals surface area (Å²) in [6, 6.07) is 0.887. The lowest BCUT2D eigenvalue weighted by Gasteiger charge is -2.46. The lowest BCUT2D eigenvalue weighted by Crippen LogP contribution is -2.55. The van der Waals surface area contributed by atoms with Crippen molar-refractivity contribution in [1.82, 2.24) is 5.32 Å². The second kappa shape index (κ2) is 2.48. The van der Waals surface area contributed by atoms with E-state index in [1.165, 1.54) is 32.1 Å². The van der Waals surface area contributed by atoms with Gasteiger partial charge in [0, 0.05) is 11.6 Å². The molecule has 2 aliphatic carbocycles. The summed E-state index contributed by atoms with van der Waals surface area (Å²) in [6.45, 7) is 4.71. The first-order valence-electron chi connectivity index (χ1n) is 5.01. The van der Waals surface area contributed by atoms with Crippen molar-refractivity contribution in [2.75, 3.05) is 0 Å². The van der Waals surface area contributed by atoms with Crippen molar-refractivity contribution in [3.8, 4) is 0 Å². The Kier molecular flexibility index (Phi) is 1.71. The summed E-state index contributed by atoms with van der Waals surface area (Å²) in [5.41, 5.74) is 0.557. The Morgan fingerprint density at radius 2 is 1.91 bits per heavy atom. The molecule has 0 radical (unpaired) electrons. The van der Waals surface area contributed by atoms with Gasteiger partial charge in [-0.25, -0.2) is 0 Å². The van der Waals surface area contributed by atoms with Gasteiger partial charge in [-0.15, -0.1) is 0 Å². The lowest BCUT2D eigenvalue weighted by molar-refractivity contribution is 0.120. The van der Waals surface area contributed by atoms with E-state index in [2.05, 4.69) is 19.2 Å². The van der Waals surface area contributed by atoms with Gasteiger partial charge >= 0.3 is 0 Å². The first kappa shape index (κ1) is 7.60. The molecule has 0 spiro atoms. The summed E-state index contributed by atoms with van der Waals surface area (Å²) in [5, 5.41) is 3.80. The molecule has 1 nitrogen and oxygen atoms in total. The fourth-order valence-electron chi connectivity index (χ4n) is 2.08. The van der Waals surface area contributed by atoms with E-state index >= 15 is 0 Å². The SMILES string of the molecule is CC(C)C1(NC2CC2)CCC1. The zero-order chi connectivity index (χ0) is 7.90. The Morgan fingerprint density at radius 3 is 2.18 bits per heavy atom. The molecule has 0 aromatic carbocycles. The van der Waals surface area contributed by atoms with Crippen LogP contribution in [0.4, 0.5) is 0 Å². The number of rotatable bonds is 3.